The number of aliphatic hydroxyl groups excluding tert-OH is 1. The molecule has 1 saturated heterocycles. The largest absolute Gasteiger partial charge is 0.393 e. The van der Waals surface area contributed by atoms with Crippen molar-refractivity contribution in [1.29, 1.82) is 0 Å². The van der Waals surface area contributed by atoms with Crippen molar-refractivity contribution >= 4 is 27.3 Å². The normalized spacial score (nSPS) is 21.5. The number of aromatic nitrogens is 5. The number of rotatable bonds is 8. The van der Waals surface area contributed by atoms with Crippen LogP contribution in [0.4, 0.5) is 17.3 Å². The second kappa shape index (κ2) is 11.5. The molecular weight excluding hydrogens is 528 g/mol. The van der Waals surface area contributed by atoms with Crippen molar-refractivity contribution in [3.05, 3.63) is 42.5 Å². The Balaban J connectivity index is 1.20. The molecule has 3 aromatic heterocycles. The first kappa shape index (κ1) is 26.7. The molecule has 0 aromatic carbocycles. The Morgan fingerprint density at radius 1 is 1.02 bits per heavy atom. The maximum Gasteiger partial charge on any atom is 0.256 e. The van der Waals surface area contributed by atoms with E-state index in [1.54, 1.807) is 18.5 Å². The Kier molecular flexibility index (Phi) is 7.69. The number of anilines is 3. The number of pyridine rings is 1. The molecule has 6 rings (SSSR count). The van der Waals surface area contributed by atoms with Gasteiger partial charge in [-0.1, -0.05) is 11.8 Å². The lowest BCUT2D eigenvalue weighted by molar-refractivity contribution is 0.126. The topological polar surface area (TPSA) is 138 Å². The number of likely N-dealkylation sites (tertiary alicyclic amines) is 1. The first-order valence-corrected chi connectivity index (χ1v) is 15.5. The van der Waals surface area contributed by atoms with Gasteiger partial charge in [-0.25, -0.2) is 23.4 Å². The van der Waals surface area contributed by atoms with E-state index < -0.39 is 10.0 Å². The van der Waals surface area contributed by atoms with Crippen molar-refractivity contribution in [3.63, 3.8) is 0 Å². The summed E-state index contributed by atoms with van der Waals surface area (Å²) in [6.45, 7) is 2.95. The van der Waals surface area contributed by atoms with Gasteiger partial charge < -0.3 is 15.7 Å². The third-order valence-electron chi connectivity index (χ3n) is 7.62. The summed E-state index contributed by atoms with van der Waals surface area (Å²) in [5, 5.41) is 20.5. The molecule has 40 heavy (non-hydrogen) atoms. The van der Waals surface area contributed by atoms with Crippen LogP contribution in [0.3, 0.4) is 0 Å². The Morgan fingerprint density at radius 2 is 1.82 bits per heavy atom. The third kappa shape index (κ3) is 6.27. The molecule has 0 bridgehead atoms. The number of hydrogen-bond donors (Lipinski definition) is 3. The quantitative estimate of drug-likeness (QED) is 0.351. The molecule has 4 heterocycles. The van der Waals surface area contributed by atoms with Crippen molar-refractivity contribution in [2.75, 3.05) is 30.3 Å². The number of nitrogens with one attached hydrogen (secondary N) is 2. The van der Waals surface area contributed by atoms with Gasteiger partial charge in [0.05, 0.1) is 47.1 Å². The third-order valence-corrected chi connectivity index (χ3v) is 9.66. The molecule has 1 aliphatic heterocycles. The lowest BCUT2D eigenvalue weighted by Gasteiger charge is -2.27. The maximum atomic E-state index is 12.5. The summed E-state index contributed by atoms with van der Waals surface area (Å²) < 4.78 is 26.0. The fourth-order valence-electron chi connectivity index (χ4n) is 5.15. The van der Waals surface area contributed by atoms with Crippen LogP contribution in [0, 0.1) is 11.8 Å². The molecular formula is C28H34N8O3S. The van der Waals surface area contributed by atoms with E-state index in [1.165, 1.54) is 25.2 Å². The van der Waals surface area contributed by atoms with E-state index in [4.69, 9.17) is 0 Å². The Labute approximate surface area is 234 Å². The predicted octanol–water partition coefficient (Wildman–Crippen LogP) is 2.98. The smallest absolute Gasteiger partial charge is 0.256 e. The lowest BCUT2D eigenvalue weighted by Crippen LogP contribution is -2.28. The molecule has 3 N–H and O–H groups in total. The van der Waals surface area contributed by atoms with E-state index in [1.807, 2.05) is 6.07 Å². The van der Waals surface area contributed by atoms with Crippen molar-refractivity contribution in [2.45, 2.75) is 68.8 Å². The molecule has 3 aliphatic rings. The van der Waals surface area contributed by atoms with E-state index in [0.717, 1.165) is 60.7 Å². The molecule has 0 radical (unpaired) electrons. The van der Waals surface area contributed by atoms with Crippen LogP contribution in [0.5, 0.6) is 0 Å². The summed E-state index contributed by atoms with van der Waals surface area (Å²) >= 11 is 0. The van der Waals surface area contributed by atoms with E-state index >= 15 is 0 Å². The van der Waals surface area contributed by atoms with Crippen molar-refractivity contribution in [2.24, 2.45) is 0 Å². The average Bonchev–Trinajstić information content (AvgIpc) is 3.47. The maximum absolute atomic E-state index is 12.5. The van der Waals surface area contributed by atoms with E-state index in [-0.39, 0.29) is 17.4 Å². The first-order valence-electron chi connectivity index (χ1n) is 14.0. The Hall–Kier alpha value is -3.53. The van der Waals surface area contributed by atoms with Gasteiger partial charge in [-0.2, -0.15) is 9.19 Å². The van der Waals surface area contributed by atoms with Gasteiger partial charge in [-0.3, -0.25) is 4.90 Å². The molecule has 3 aromatic rings. The zero-order valence-corrected chi connectivity index (χ0v) is 23.1. The van der Waals surface area contributed by atoms with E-state index in [2.05, 4.69) is 47.4 Å². The molecule has 2 aliphatic carbocycles. The lowest BCUT2D eigenvalue weighted by atomic mass is 9.93. The molecule has 2 saturated carbocycles. The highest BCUT2D eigenvalue weighted by Gasteiger charge is 2.37. The van der Waals surface area contributed by atoms with Crippen LogP contribution in [0.2, 0.25) is 0 Å². The van der Waals surface area contributed by atoms with Crippen LogP contribution in [-0.4, -0.2) is 79.6 Å². The molecule has 12 heteroatoms. The van der Waals surface area contributed by atoms with E-state index in [9.17, 15) is 13.5 Å². The number of nitrogens with zero attached hydrogens (tertiary/aromatic N) is 6. The van der Waals surface area contributed by atoms with Crippen molar-refractivity contribution in [1.82, 2.24) is 29.0 Å². The van der Waals surface area contributed by atoms with Crippen LogP contribution >= 0.6 is 0 Å². The van der Waals surface area contributed by atoms with Gasteiger partial charge >= 0.3 is 0 Å². The van der Waals surface area contributed by atoms with Gasteiger partial charge in [-0.05, 0) is 70.5 Å². The molecule has 0 unspecified atom stereocenters. The second-order valence-electron chi connectivity index (χ2n) is 10.8. The molecule has 210 valence electrons. The van der Waals surface area contributed by atoms with Gasteiger partial charge in [0, 0.05) is 24.5 Å². The monoisotopic (exact) mass is 562 g/mol. The minimum absolute atomic E-state index is 0.222. The summed E-state index contributed by atoms with van der Waals surface area (Å²) in [7, 11) is -3.46. The summed E-state index contributed by atoms with van der Waals surface area (Å²) in [6, 6.07) is 3.93. The summed E-state index contributed by atoms with van der Waals surface area (Å²) in [6.07, 6.45) is 13.3. The fraction of sp³-hybridized carbons (Fsp3) is 0.500. The summed E-state index contributed by atoms with van der Waals surface area (Å²) in [5.74, 6) is 8.11. The second-order valence-corrected chi connectivity index (χ2v) is 12.9. The zero-order valence-electron chi connectivity index (χ0n) is 22.3. The average molecular weight is 563 g/mol. The van der Waals surface area contributed by atoms with Crippen molar-refractivity contribution in [3.8, 4) is 23.2 Å². The van der Waals surface area contributed by atoms with Gasteiger partial charge in [0.2, 0.25) is 0 Å². The molecule has 0 spiro atoms. The van der Waals surface area contributed by atoms with Gasteiger partial charge in [0.25, 0.3) is 10.0 Å². The van der Waals surface area contributed by atoms with Crippen LogP contribution < -0.4 is 10.6 Å². The predicted molar refractivity (Wildman–Crippen MR) is 153 cm³/mol. The molecule has 11 nitrogen and oxygen atoms in total. The van der Waals surface area contributed by atoms with Crippen LogP contribution in [0.1, 0.15) is 56.9 Å². The highest BCUT2D eigenvalue weighted by atomic mass is 32.2. The molecule has 3 fully saturated rings. The summed E-state index contributed by atoms with van der Waals surface area (Å²) in [5.41, 5.74) is 2.25. The zero-order chi connectivity index (χ0) is 27.5. The minimum Gasteiger partial charge on any atom is -0.393 e. The van der Waals surface area contributed by atoms with E-state index in [0.29, 0.717) is 35.9 Å². The Bertz CT molecular complexity index is 1510. The van der Waals surface area contributed by atoms with Gasteiger partial charge in [0.15, 0.2) is 5.82 Å². The van der Waals surface area contributed by atoms with Crippen LogP contribution in [0.25, 0.3) is 11.4 Å². The minimum atomic E-state index is -3.46. The summed E-state index contributed by atoms with van der Waals surface area (Å²) in [4.78, 5) is 15.8. The van der Waals surface area contributed by atoms with Crippen LogP contribution in [0.15, 0.2) is 36.9 Å². The highest BCUT2D eigenvalue weighted by Crippen LogP contribution is 2.30. The standard InChI is InChI=1S/C28H34N8O3S/c37-23-7-5-22(6-8-23)32-25-16-27(30-17-20(25)4-3-15-35-13-1-2-14-35)33-26-11-12-29-28(34-26)21-18-31-36(19-21)40(38,39)24-9-10-24/h11-12,16-19,22-24,37H,1-2,5-10,13-15H2,(H2,29,30,32,33,34)/t22-,23+. The Morgan fingerprint density at radius 3 is 2.60 bits per heavy atom. The molecule has 0 atom stereocenters. The SMILES string of the molecule is O=S(=O)(C1CC1)n1cc(-c2nccc(Nc3cc(N[C@H]4CC[C@@H](O)CC4)c(C#CCN4CCCC4)cn3)n2)cn1. The van der Waals surface area contributed by atoms with Crippen LogP contribution in [-0.2, 0) is 10.0 Å². The number of hydrogen-bond acceptors (Lipinski definition) is 10. The highest BCUT2D eigenvalue weighted by molar-refractivity contribution is 7.90. The van der Waals surface area contributed by atoms with Gasteiger partial charge in [0.1, 0.15) is 11.6 Å². The first-order chi connectivity index (χ1) is 19.4. The van der Waals surface area contributed by atoms with Crippen molar-refractivity contribution < 1.29 is 13.5 Å². The number of aliphatic hydroxyl groups is 1. The van der Waals surface area contributed by atoms with Gasteiger partial charge in [-0.15, -0.1) is 0 Å². The fourth-order valence-corrected chi connectivity index (χ4v) is 6.62. The molecule has 0 amide bonds.